The number of hydrogen-bond donors (Lipinski definition) is 1. The number of aromatic amines is 1. The highest BCUT2D eigenvalue weighted by Gasteiger charge is 2.50. The van der Waals surface area contributed by atoms with Gasteiger partial charge in [-0.25, -0.2) is 0 Å². The number of pyridine rings is 1. The van der Waals surface area contributed by atoms with E-state index in [9.17, 15) is 14.4 Å². The van der Waals surface area contributed by atoms with Gasteiger partial charge in [0, 0.05) is 44.6 Å². The van der Waals surface area contributed by atoms with E-state index in [0.717, 1.165) is 37.9 Å². The number of nitrogens with one attached hydrogen (secondary N) is 1. The molecule has 2 amide bonds. The molecule has 3 fully saturated rings. The molecule has 1 N–H and O–H groups in total. The van der Waals surface area contributed by atoms with Gasteiger partial charge >= 0.3 is 0 Å². The second-order valence-corrected chi connectivity index (χ2v) is 8.09. The molecule has 0 bridgehead atoms. The Morgan fingerprint density at radius 1 is 1.19 bits per heavy atom. The molecule has 1 spiro atoms. The van der Waals surface area contributed by atoms with Crippen LogP contribution in [0.25, 0.3) is 0 Å². The van der Waals surface area contributed by atoms with E-state index in [-0.39, 0.29) is 29.0 Å². The first-order valence-electron chi connectivity index (χ1n) is 9.88. The van der Waals surface area contributed by atoms with Crippen molar-refractivity contribution in [1.29, 1.82) is 0 Å². The molecule has 3 saturated heterocycles. The zero-order chi connectivity index (χ0) is 19.0. The summed E-state index contributed by atoms with van der Waals surface area (Å²) in [6, 6.07) is 3.57. The maximum Gasteiger partial charge on any atom is 0.260 e. The standard InChI is InChI=1S/C20H27N3O4/c1-14-3-4-16(17(24)21-14)18(25)22-10-8-20(13-22)7-2-9-23(19(20)26)15-5-11-27-12-6-15/h3-4,15H,2,5-13H2,1H3,(H,21,24). The lowest BCUT2D eigenvalue weighted by atomic mass is 9.77. The van der Waals surface area contributed by atoms with E-state index in [1.54, 1.807) is 24.0 Å². The van der Waals surface area contributed by atoms with E-state index < -0.39 is 5.41 Å². The number of nitrogens with zero attached hydrogens (tertiary/aromatic N) is 2. The Balaban J connectivity index is 1.51. The fraction of sp³-hybridized carbons (Fsp3) is 0.650. The van der Waals surface area contributed by atoms with Gasteiger partial charge in [-0.2, -0.15) is 0 Å². The Morgan fingerprint density at radius 2 is 1.96 bits per heavy atom. The molecule has 1 unspecified atom stereocenters. The van der Waals surface area contributed by atoms with Gasteiger partial charge in [-0.15, -0.1) is 0 Å². The average Bonchev–Trinajstić information content (AvgIpc) is 3.09. The highest BCUT2D eigenvalue weighted by atomic mass is 16.5. The third-order valence-electron chi connectivity index (χ3n) is 6.33. The van der Waals surface area contributed by atoms with Gasteiger partial charge in [-0.1, -0.05) is 0 Å². The first kappa shape index (κ1) is 18.2. The summed E-state index contributed by atoms with van der Waals surface area (Å²) in [4.78, 5) is 44.8. The lowest BCUT2D eigenvalue weighted by Crippen LogP contribution is -2.55. The first-order valence-corrected chi connectivity index (χ1v) is 9.88. The van der Waals surface area contributed by atoms with Crippen LogP contribution < -0.4 is 5.56 Å². The molecule has 1 aromatic rings. The molecule has 7 heteroatoms. The van der Waals surface area contributed by atoms with Crippen molar-refractivity contribution in [3.05, 3.63) is 33.7 Å². The Kier molecular flexibility index (Phi) is 4.80. The molecule has 4 rings (SSSR count). The number of aromatic nitrogens is 1. The molecule has 0 saturated carbocycles. The molecule has 4 heterocycles. The second-order valence-electron chi connectivity index (χ2n) is 8.09. The van der Waals surface area contributed by atoms with Gasteiger partial charge in [0.2, 0.25) is 5.91 Å². The molecule has 1 aromatic heterocycles. The third-order valence-corrected chi connectivity index (χ3v) is 6.33. The van der Waals surface area contributed by atoms with Gasteiger partial charge in [0.15, 0.2) is 0 Å². The zero-order valence-electron chi connectivity index (χ0n) is 15.8. The third kappa shape index (κ3) is 3.29. The highest BCUT2D eigenvalue weighted by molar-refractivity contribution is 5.95. The molecule has 146 valence electrons. The van der Waals surface area contributed by atoms with Crippen molar-refractivity contribution in [2.45, 2.75) is 45.1 Å². The molecular formula is C20H27N3O4. The predicted octanol–water partition coefficient (Wildman–Crippen LogP) is 1.32. The minimum Gasteiger partial charge on any atom is -0.381 e. The van der Waals surface area contributed by atoms with Crippen LogP contribution in [0.2, 0.25) is 0 Å². The Bertz CT molecular complexity index is 799. The number of likely N-dealkylation sites (tertiary alicyclic amines) is 2. The van der Waals surface area contributed by atoms with Crippen molar-refractivity contribution in [2.24, 2.45) is 5.41 Å². The van der Waals surface area contributed by atoms with E-state index in [1.807, 2.05) is 4.90 Å². The summed E-state index contributed by atoms with van der Waals surface area (Å²) in [7, 11) is 0. The minimum atomic E-state index is -0.482. The summed E-state index contributed by atoms with van der Waals surface area (Å²) in [5.74, 6) is -0.0853. The van der Waals surface area contributed by atoms with Crippen LogP contribution in [0.4, 0.5) is 0 Å². The fourth-order valence-electron chi connectivity index (χ4n) is 4.78. The SMILES string of the molecule is Cc1ccc(C(=O)N2CCC3(CCCN(C4CCOCC4)C3=O)C2)c(=O)[nH]1. The van der Waals surface area contributed by atoms with Crippen LogP contribution in [0.3, 0.4) is 0 Å². The molecule has 1 atom stereocenters. The van der Waals surface area contributed by atoms with Crippen molar-refractivity contribution < 1.29 is 14.3 Å². The number of hydrogen-bond acceptors (Lipinski definition) is 4. The lowest BCUT2D eigenvalue weighted by molar-refractivity contribution is -0.150. The topological polar surface area (TPSA) is 82.7 Å². The highest BCUT2D eigenvalue weighted by Crippen LogP contribution is 2.41. The number of amides is 2. The van der Waals surface area contributed by atoms with Crippen molar-refractivity contribution in [2.75, 3.05) is 32.8 Å². The predicted molar refractivity (Wildman–Crippen MR) is 99.5 cm³/mol. The number of H-pyrrole nitrogens is 1. The quantitative estimate of drug-likeness (QED) is 0.848. The number of aryl methyl sites for hydroxylation is 1. The van der Waals surface area contributed by atoms with E-state index >= 15 is 0 Å². The number of carbonyl (C=O) groups excluding carboxylic acids is 2. The van der Waals surface area contributed by atoms with Crippen LogP contribution in [0.15, 0.2) is 16.9 Å². The summed E-state index contributed by atoms with van der Waals surface area (Å²) in [6.45, 7) is 4.95. The molecule has 0 aliphatic carbocycles. The Morgan fingerprint density at radius 3 is 2.70 bits per heavy atom. The van der Waals surface area contributed by atoms with Crippen LogP contribution in [-0.4, -0.2) is 65.5 Å². The van der Waals surface area contributed by atoms with Crippen LogP contribution in [-0.2, 0) is 9.53 Å². The summed E-state index contributed by atoms with van der Waals surface area (Å²) >= 11 is 0. The normalized spacial score (nSPS) is 26.8. The van der Waals surface area contributed by atoms with Crippen molar-refractivity contribution in [1.82, 2.24) is 14.8 Å². The maximum atomic E-state index is 13.3. The average molecular weight is 373 g/mol. The molecule has 0 aromatic carbocycles. The number of ether oxygens (including phenoxy) is 1. The zero-order valence-corrected chi connectivity index (χ0v) is 15.8. The summed E-state index contributed by atoms with van der Waals surface area (Å²) in [5.41, 5.74) is 0.0369. The Hall–Kier alpha value is -2.15. The molecule has 7 nitrogen and oxygen atoms in total. The molecule has 27 heavy (non-hydrogen) atoms. The largest absolute Gasteiger partial charge is 0.381 e. The fourth-order valence-corrected chi connectivity index (χ4v) is 4.78. The number of rotatable bonds is 2. The summed E-state index contributed by atoms with van der Waals surface area (Å²) in [6.07, 6.45) is 4.25. The van der Waals surface area contributed by atoms with Crippen molar-refractivity contribution in [3.8, 4) is 0 Å². The van der Waals surface area contributed by atoms with Crippen molar-refractivity contribution >= 4 is 11.8 Å². The maximum absolute atomic E-state index is 13.3. The van der Waals surface area contributed by atoms with E-state index in [4.69, 9.17) is 4.74 Å². The monoisotopic (exact) mass is 373 g/mol. The van der Waals surface area contributed by atoms with E-state index in [1.165, 1.54) is 0 Å². The van der Waals surface area contributed by atoms with Gasteiger partial charge in [-0.05, 0) is 51.2 Å². The number of piperidine rings is 1. The second kappa shape index (κ2) is 7.11. The minimum absolute atomic E-state index is 0.155. The van der Waals surface area contributed by atoms with Gasteiger partial charge in [0.05, 0.1) is 5.41 Å². The lowest BCUT2D eigenvalue weighted by Gasteiger charge is -2.44. The van der Waals surface area contributed by atoms with Crippen LogP contribution >= 0.6 is 0 Å². The van der Waals surface area contributed by atoms with Crippen LogP contribution in [0.1, 0.15) is 48.2 Å². The first-order chi connectivity index (χ1) is 13.0. The van der Waals surface area contributed by atoms with Gasteiger partial charge in [-0.3, -0.25) is 14.4 Å². The smallest absolute Gasteiger partial charge is 0.260 e. The molecular weight excluding hydrogens is 346 g/mol. The number of carbonyl (C=O) groups is 2. The summed E-state index contributed by atoms with van der Waals surface area (Å²) < 4.78 is 5.44. The van der Waals surface area contributed by atoms with Gasteiger partial charge < -0.3 is 19.5 Å². The van der Waals surface area contributed by atoms with Crippen molar-refractivity contribution in [3.63, 3.8) is 0 Å². The van der Waals surface area contributed by atoms with E-state index in [0.29, 0.717) is 32.7 Å². The molecule has 0 radical (unpaired) electrons. The van der Waals surface area contributed by atoms with E-state index in [2.05, 4.69) is 4.98 Å². The van der Waals surface area contributed by atoms with Gasteiger partial charge in [0.1, 0.15) is 5.56 Å². The summed E-state index contributed by atoms with van der Waals surface area (Å²) in [5, 5.41) is 0. The Labute approximate surface area is 158 Å². The van der Waals surface area contributed by atoms with Crippen LogP contribution in [0, 0.1) is 12.3 Å². The van der Waals surface area contributed by atoms with Gasteiger partial charge in [0.25, 0.3) is 11.5 Å². The molecule has 3 aliphatic rings. The van der Waals surface area contributed by atoms with Crippen LogP contribution in [0.5, 0.6) is 0 Å². The molecule has 3 aliphatic heterocycles.